The van der Waals surface area contributed by atoms with E-state index in [0.29, 0.717) is 22.5 Å². The molecule has 1 aromatic heterocycles. The molecule has 0 unspecified atom stereocenters. The summed E-state index contributed by atoms with van der Waals surface area (Å²) in [6, 6.07) is 19.1. The molecule has 11 nitrogen and oxygen atoms in total. The number of hydrogen-bond donors (Lipinski definition) is 2. The molecule has 0 saturated carbocycles. The number of para-hydroxylation sites is 1. The fourth-order valence-electron chi connectivity index (χ4n) is 4.23. The van der Waals surface area contributed by atoms with E-state index in [-0.39, 0.29) is 22.2 Å². The van der Waals surface area contributed by atoms with Crippen molar-refractivity contribution in [3.05, 3.63) is 94.8 Å². The number of rotatable bonds is 8. The molecule has 0 radical (unpaired) electrons. The van der Waals surface area contributed by atoms with Crippen LogP contribution in [0.4, 0.5) is 27.6 Å². The lowest BCUT2D eigenvalue weighted by atomic mass is 10.1. The van der Waals surface area contributed by atoms with Crippen molar-refractivity contribution in [2.45, 2.75) is 38.6 Å². The van der Waals surface area contributed by atoms with E-state index in [2.05, 4.69) is 19.5 Å². The molecule has 250 valence electrons. The summed E-state index contributed by atoms with van der Waals surface area (Å²) in [5.74, 6) is -6.37. The van der Waals surface area contributed by atoms with Gasteiger partial charge in [-0.25, -0.2) is 14.0 Å². The van der Waals surface area contributed by atoms with Gasteiger partial charge in [0.15, 0.2) is 5.82 Å². The van der Waals surface area contributed by atoms with Gasteiger partial charge >= 0.3 is 22.3 Å². The topological polar surface area (TPSA) is 150 Å². The minimum Gasteiger partial charge on any atom is -0.370 e. The Morgan fingerprint density at radius 2 is 1.66 bits per heavy atom. The molecule has 1 aliphatic heterocycles. The highest BCUT2D eigenvalue weighted by Crippen LogP contribution is 2.36. The number of amides is 2. The second-order valence-corrected chi connectivity index (χ2v) is 12.2. The number of halogens is 6. The lowest BCUT2D eigenvalue weighted by Crippen LogP contribution is -2.48. The number of carbonyl (C=O) groups is 2. The van der Waals surface area contributed by atoms with Crippen LogP contribution < -0.4 is 10.5 Å². The Morgan fingerprint density at radius 1 is 1.02 bits per heavy atom. The fourth-order valence-corrected chi connectivity index (χ4v) is 5.83. The minimum absolute atomic E-state index is 0.0792. The van der Waals surface area contributed by atoms with Crippen molar-refractivity contribution in [1.29, 1.82) is 0 Å². The lowest BCUT2D eigenvalue weighted by molar-refractivity contribution is -0.297. The van der Waals surface area contributed by atoms with Crippen LogP contribution in [0.1, 0.15) is 40.4 Å². The van der Waals surface area contributed by atoms with Gasteiger partial charge in [-0.2, -0.15) is 30.4 Å². The largest absolute Gasteiger partial charge is 0.455 e. The van der Waals surface area contributed by atoms with E-state index < -0.39 is 53.4 Å². The SMILES string of the molecule is CC(C)N1C(=O)c2ccccc2NS1(=O)=O.NC(=O)c1nc(-c2ccccc2)n(-c2ccc(Cl)c(COCC(F)(F)C(F)(F)F)c2)n1. The van der Waals surface area contributed by atoms with E-state index in [4.69, 9.17) is 17.3 Å². The molecule has 5 rings (SSSR count). The Kier molecular flexibility index (Phi) is 10.2. The first-order valence-corrected chi connectivity index (χ1v) is 15.3. The average Bonchev–Trinajstić information content (AvgIpc) is 3.44. The number of primary amides is 1. The van der Waals surface area contributed by atoms with Crippen LogP contribution in [-0.2, 0) is 21.6 Å². The standard InChI is InChI=1S/C19H14ClF5N4O2.C10H12N2O3S/c20-14-7-6-13(8-12(14)9-31-10-18(21,22)19(23,24)25)29-17(11-4-2-1-3-5-11)27-16(28-29)15(26)30;1-7(2)12-10(13)8-5-3-4-6-9(8)11-16(12,14)15/h1-8H,9-10H2,(H2,26,30);3-7,11H,1-2H3. The summed E-state index contributed by atoms with van der Waals surface area (Å²) in [5, 5.41) is 4.14. The molecule has 4 aromatic rings. The summed E-state index contributed by atoms with van der Waals surface area (Å²) >= 11 is 6.03. The minimum atomic E-state index is -5.73. The predicted octanol–water partition coefficient (Wildman–Crippen LogP) is 5.61. The van der Waals surface area contributed by atoms with Gasteiger partial charge in [0.05, 0.1) is 23.5 Å². The molecule has 0 bridgehead atoms. The predicted molar refractivity (Wildman–Crippen MR) is 161 cm³/mol. The van der Waals surface area contributed by atoms with Gasteiger partial charge in [0, 0.05) is 16.6 Å². The third-order valence-corrected chi connectivity index (χ3v) is 8.37. The van der Waals surface area contributed by atoms with Crippen LogP contribution in [0.2, 0.25) is 5.02 Å². The number of nitrogens with zero attached hydrogens (tertiary/aromatic N) is 4. The summed E-state index contributed by atoms with van der Waals surface area (Å²) in [7, 11) is -3.75. The third-order valence-electron chi connectivity index (χ3n) is 6.41. The quantitative estimate of drug-likeness (QED) is 0.227. The maximum Gasteiger partial charge on any atom is 0.455 e. The first-order valence-electron chi connectivity index (χ1n) is 13.5. The van der Waals surface area contributed by atoms with Gasteiger partial charge in [-0.05, 0) is 49.7 Å². The van der Waals surface area contributed by atoms with Crippen molar-refractivity contribution in [2.75, 3.05) is 11.3 Å². The Balaban J connectivity index is 0.000000261. The van der Waals surface area contributed by atoms with Crippen LogP contribution in [0.5, 0.6) is 0 Å². The number of alkyl halides is 5. The van der Waals surface area contributed by atoms with Gasteiger partial charge in [-0.1, -0.05) is 54.1 Å². The summed E-state index contributed by atoms with van der Waals surface area (Å²) in [4.78, 5) is 27.6. The van der Waals surface area contributed by atoms with Crippen LogP contribution >= 0.6 is 11.6 Å². The molecule has 0 saturated heterocycles. The highest BCUT2D eigenvalue weighted by Gasteiger charge is 2.57. The lowest BCUT2D eigenvalue weighted by Gasteiger charge is -2.31. The molecule has 0 fully saturated rings. The van der Waals surface area contributed by atoms with E-state index >= 15 is 0 Å². The molecular weight excluding hydrogens is 675 g/mol. The summed E-state index contributed by atoms with van der Waals surface area (Å²) in [6.07, 6.45) is -5.73. The molecule has 18 heteroatoms. The van der Waals surface area contributed by atoms with Crippen molar-refractivity contribution in [2.24, 2.45) is 5.73 Å². The first kappa shape index (κ1) is 35.2. The molecule has 1 aliphatic rings. The van der Waals surface area contributed by atoms with E-state index in [1.54, 1.807) is 68.4 Å². The monoisotopic (exact) mass is 700 g/mol. The molecule has 47 heavy (non-hydrogen) atoms. The summed E-state index contributed by atoms with van der Waals surface area (Å²) in [6.45, 7) is 0.841. The van der Waals surface area contributed by atoms with E-state index in [1.807, 2.05) is 0 Å². The molecule has 2 amide bonds. The smallest absolute Gasteiger partial charge is 0.370 e. The van der Waals surface area contributed by atoms with E-state index in [0.717, 1.165) is 4.31 Å². The average molecular weight is 701 g/mol. The van der Waals surface area contributed by atoms with Crippen molar-refractivity contribution < 1.29 is 44.7 Å². The third kappa shape index (κ3) is 7.86. The normalized spacial score (nSPS) is 14.2. The highest BCUT2D eigenvalue weighted by molar-refractivity contribution is 7.91. The first-order chi connectivity index (χ1) is 21.9. The number of aromatic nitrogens is 3. The molecule has 3 N–H and O–H groups in total. The van der Waals surface area contributed by atoms with Crippen LogP contribution in [-0.4, -0.2) is 64.0 Å². The second kappa shape index (κ2) is 13.6. The van der Waals surface area contributed by atoms with Crippen LogP contribution in [0, 0.1) is 0 Å². The number of nitrogens with two attached hydrogens (primary N) is 1. The van der Waals surface area contributed by atoms with Gasteiger partial charge in [0.25, 0.3) is 11.8 Å². The van der Waals surface area contributed by atoms with Crippen molar-refractivity contribution in [3.63, 3.8) is 0 Å². The summed E-state index contributed by atoms with van der Waals surface area (Å²) in [5.41, 5.74) is 7.02. The number of anilines is 1. The van der Waals surface area contributed by atoms with Gasteiger partial charge in [0.2, 0.25) is 5.82 Å². The zero-order chi connectivity index (χ0) is 34.7. The Bertz CT molecular complexity index is 1890. The second-order valence-electron chi connectivity index (χ2n) is 10.2. The van der Waals surface area contributed by atoms with Gasteiger partial charge in [-0.15, -0.1) is 5.10 Å². The van der Waals surface area contributed by atoms with Crippen LogP contribution in [0.15, 0.2) is 72.8 Å². The van der Waals surface area contributed by atoms with Crippen LogP contribution in [0.25, 0.3) is 17.1 Å². The molecule has 2 heterocycles. The maximum atomic E-state index is 13.0. The summed E-state index contributed by atoms with van der Waals surface area (Å²) < 4.78 is 95.6. The van der Waals surface area contributed by atoms with Gasteiger partial charge in [0.1, 0.15) is 6.61 Å². The molecule has 3 aromatic carbocycles. The number of carbonyl (C=O) groups excluding carboxylic acids is 2. The number of benzene rings is 3. The zero-order valence-corrected chi connectivity index (χ0v) is 26.1. The van der Waals surface area contributed by atoms with Crippen molar-refractivity contribution in [1.82, 2.24) is 19.1 Å². The number of hydrogen-bond acceptors (Lipinski definition) is 7. The van der Waals surface area contributed by atoms with Crippen LogP contribution in [0.3, 0.4) is 0 Å². The van der Waals surface area contributed by atoms with Gasteiger partial charge in [-0.3, -0.25) is 14.3 Å². The highest BCUT2D eigenvalue weighted by atomic mass is 35.5. The van der Waals surface area contributed by atoms with Crippen molar-refractivity contribution in [3.8, 4) is 17.1 Å². The zero-order valence-electron chi connectivity index (χ0n) is 24.5. The van der Waals surface area contributed by atoms with Crippen molar-refractivity contribution >= 4 is 39.3 Å². The number of ether oxygens (including phenoxy) is 1. The molecule has 0 atom stereocenters. The molecule has 0 aliphatic carbocycles. The van der Waals surface area contributed by atoms with E-state index in [9.17, 15) is 40.0 Å². The molecular formula is C29H26ClF5N6O5S. The number of fused-ring (bicyclic) bond motifs is 1. The maximum absolute atomic E-state index is 13.0. The Labute approximate surface area is 270 Å². The van der Waals surface area contributed by atoms with Gasteiger partial charge < -0.3 is 10.5 Å². The number of nitrogens with one attached hydrogen (secondary N) is 1. The Morgan fingerprint density at radius 3 is 2.28 bits per heavy atom. The fraction of sp³-hybridized carbons (Fsp3) is 0.241. The molecule has 0 spiro atoms. The Hall–Kier alpha value is -4.61. The van der Waals surface area contributed by atoms with E-state index in [1.165, 1.54) is 22.9 Å².